The van der Waals surface area contributed by atoms with E-state index in [1.165, 1.54) is 0 Å². The maximum Gasteiger partial charge on any atom is 0.306 e. The molecule has 7 nitrogen and oxygen atoms in total. The average Bonchev–Trinajstić information content (AvgIpc) is 3.11. The number of hydrogen-bond acceptors (Lipinski definition) is 5. The summed E-state index contributed by atoms with van der Waals surface area (Å²) in [6.07, 6.45) is -0.761. The van der Waals surface area contributed by atoms with E-state index >= 15 is 0 Å². The van der Waals surface area contributed by atoms with Crippen LogP contribution in [0.5, 0.6) is 0 Å². The lowest BCUT2D eigenvalue weighted by atomic mass is 10.1. The summed E-state index contributed by atoms with van der Waals surface area (Å²) in [5, 5.41) is 1.12. The number of benzene rings is 2. The summed E-state index contributed by atoms with van der Waals surface area (Å²) in [6, 6.07) is 16.1. The van der Waals surface area contributed by atoms with Crippen LogP contribution < -0.4 is 5.56 Å². The van der Waals surface area contributed by atoms with E-state index in [1.807, 2.05) is 30.5 Å². The third-order valence-electron chi connectivity index (χ3n) is 5.69. The van der Waals surface area contributed by atoms with Gasteiger partial charge in [-0.1, -0.05) is 23.7 Å². The predicted octanol–water partition coefficient (Wildman–Crippen LogP) is 4.73. The van der Waals surface area contributed by atoms with Gasteiger partial charge in [0.05, 0.1) is 17.3 Å². The Balaban J connectivity index is 1.43. The van der Waals surface area contributed by atoms with E-state index in [4.69, 9.17) is 16.3 Å². The minimum absolute atomic E-state index is 0.0112. The Hall–Kier alpha value is -3.71. The molecule has 0 bridgehead atoms. The average molecular weight is 478 g/mol. The van der Waals surface area contributed by atoms with Crippen LogP contribution in [0.1, 0.15) is 40.9 Å². The van der Waals surface area contributed by atoms with Crippen molar-refractivity contribution < 1.29 is 14.3 Å². The standard InChI is InChI=1S/C26H24ClN3O4/c1-15-14-21(16(2)30(15)19-10-8-18(27)9-11-19)25(32)17(3)34-24(31)13-12-23-28-22-7-5-4-6-20(22)26(33)29-23/h4-11,14,17H,12-13H2,1-3H3,(H,28,29,33)/t17-/m1/s1. The van der Waals surface area contributed by atoms with Gasteiger partial charge in [0, 0.05) is 34.1 Å². The number of aryl methyl sites for hydroxylation is 2. The van der Waals surface area contributed by atoms with E-state index in [9.17, 15) is 14.4 Å². The highest BCUT2D eigenvalue weighted by Gasteiger charge is 2.24. The Morgan fingerprint density at radius 3 is 2.56 bits per heavy atom. The fourth-order valence-electron chi connectivity index (χ4n) is 4.00. The van der Waals surface area contributed by atoms with Gasteiger partial charge in [-0.25, -0.2) is 4.98 Å². The smallest absolute Gasteiger partial charge is 0.306 e. The van der Waals surface area contributed by atoms with Crippen molar-refractivity contribution in [2.45, 2.75) is 39.7 Å². The fourth-order valence-corrected chi connectivity index (χ4v) is 4.13. The molecule has 0 aliphatic heterocycles. The molecule has 0 saturated heterocycles. The van der Waals surface area contributed by atoms with Gasteiger partial charge < -0.3 is 14.3 Å². The first-order chi connectivity index (χ1) is 16.2. The van der Waals surface area contributed by atoms with E-state index in [0.29, 0.717) is 27.3 Å². The molecule has 0 radical (unpaired) electrons. The van der Waals surface area contributed by atoms with Gasteiger partial charge in [-0.2, -0.15) is 0 Å². The first-order valence-corrected chi connectivity index (χ1v) is 11.3. The number of carbonyl (C=O) groups is 2. The molecular weight excluding hydrogens is 454 g/mol. The van der Waals surface area contributed by atoms with Crippen LogP contribution in [0.3, 0.4) is 0 Å². The van der Waals surface area contributed by atoms with Crippen LogP contribution in [-0.2, 0) is 16.0 Å². The predicted molar refractivity (Wildman–Crippen MR) is 131 cm³/mol. The first-order valence-electron chi connectivity index (χ1n) is 10.9. The molecular formula is C26H24ClN3O4. The Labute approximate surface area is 201 Å². The number of ether oxygens (including phenoxy) is 1. The van der Waals surface area contributed by atoms with Crippen molar-refractivity contribution >= 4 is 34.3 Å². The van der Waals surface area contributed by atoms with Crippen LogP contribution in [0.2, 0.25) is 5.02 Å². The van der Waals surface area contributed by atoms with Crippen molar-refractivity contribution in [2.75, 3.05) is 0 Å². The number of aromatic nitrogens is 3. The maximum atomic E-state index is 13.0. The Morgan fingerprint density at radius 2 is 1.82 bits per heavy atom. The van der Waals surface area contributed by atoms with E-state index in [-0.39, 0.29) is 24.2 Å². The molecule has 0 amide bonds. The third-order valence-corrected chi connectivity index (χ3v) is 5.94. The number of nitrogens with zero attached hydrogens (tertiary/aromatic N) is 2. The van der Waals surface area contributed by atoms with Crippen LogP contribution in [0, 0.1) is 13.8 Å². The number of aromatic amines is 1. The number of para-hydroxylation sites is 1. The summed E-state index contributed by atoms with van der Waals surface area (Å²) in [5.41, 5.74) is 3.33. The van der Waals surface area contributed by atoms with Gasteiger partial charge in [0.25, 0.3) is 5.56 Å². The van der Waals surface area contributed by atoms with E-state index in [1.54, 1.807) is 49.4 Å². The second kappa shape index (κ2) is 9.65. The zero-order valence-corrected chi connectivity index (χ0v) is 19.8. The molecule has 34 heavy (non-hydrogen) atoms. The van der Waals surface area contributed by atoms with Crippen LogP contribution in [-0.4, -0.2) is 32.4 Å². The number of halogens is 1. The molecule has 0 aliphatic carbocycles. The number of carbonyl (C=O) groups excluding carboxylic acids is 2. The largest absolute Gasteiger partial charge is 0.454 e. The van der Waals surface area contributed by atoms with Crippen LogP contribution in [0.4, 0.5) is 0 Å². The van der Waals surface area contributed by atoms with Gasteiger partial charge in [0.15, 0.2) is 6.10 Å². The molecule has 8 heteroatoms. The van der Waals surface area contributed by atoms with Crippen molar-refractivity contribution in [2.24, 2.45) is 0 Å². The summed E-state index contributed by atoms with van der Waals surface area (Å²) >= 11 is 5.99. The lowest BCUT2D eigenvalue weighted by molar-refractivity contribution is -0.146. The van der Waals surface area contributed by atoms with Gasteiger partial charge in [-0.15, -0.1) is 0 Å². The fraction of sp³-hybridized carbons (Fsp3) is 0.231. The number of rotatable bonds is 7. The summed E-state index contributed by atoms with van der Waals surface area (Å²) in [7, 11) is 0. The van der Waals surface area contributed by atoms with Crippen LogP contribution in [0.15, 0.2) is 59.4 Å². The Morgan fingerprint density at radius 1 is 1.12 bits per heavy atom. The summed E-state index contributed by atoms with van der Waals surface area (Å²) in [6.45, 7) is 5.32. The Kier molecular flexibility index (Phi) is 6.65. The second-order valence-corrected chi connectivity index (χ2v) is 8.56. The number of hydrogen-bond donors (Lipinski definition) is 1. The van der Waals surface area contributed by atoms with Crippen LogP contribution >= 0.6 is 11.6 Å². The molecule has 0 saturated carbocycles. The highest BCUT2D eigenvalue weighted by Crippen LogP contribution is 2.24. The first kappa shape index (κ1) is 23.4. The zero-order valence-electron chi connectivity index (χ0n) is 19.1. The second-order valence-electron chi connectivity index (χ2n) is 8.12. The van der Waals surface area contributed by atoms with Crippen molar-refractivity contribution in [1.29, 1.82) is 0 Å². The number of fused-ring (bicyclic) bond motifs is 1. The molecule has 4 aromatic rings. The topological polar surface area (TPSA) is 94.1 Å². The molecule has 0 aliphatic rings. The summed E-state index contributed by atoms with van der Waals surface area (Å²) in [4.78, 5) is 44.7. The molecule has 0 spiro atoms. The molecule has 2 aromatic carbocycles. The SMILES string of the molecule is Cc1cc(C(=O)[C@@H](C)OC(=O)CCc2nc3ccccc3c(=O)[nH]2)c(C)n1-c1ccc(Cl)cc1. The number of esters is 1. The monoisotopic (exact) mass is 477 g/mol. The van der Waals surface area contributed by atoms with Gasteiger partial charge in [-0.3, -0.25) is 14.4 Å². The highest BCUT2D eigenvalue weighted by atomic mass is 35.5. The number of nitrogens with one attached hydrogen (secondary N) is 1. The van der Waals surface area contributed by atoms with Gasteiger partial charge >= 0.3 is 5.97 Å². The molecule has 0 fully saturated rings. The van der Waals surface area contributed by atoms with Crippen molar-refractivity contribution in [1.82, 2.24) is 14.5 Å². The lowest BCUT2D eigenvalue weighted by Crippen LogP contribution is -2.25. The minimum atomic E-state index is -0.949. The van der Waals surface area contributed by atoms with E-state index in [2.05, 4.69) is 9.97 Å². The van der Waals surface area contributed by atoms with Crippen molar-refractivity contribution in [3.63, 3.8) is 0 Å². The van der Waals surface area contributed by atoms with Crippen LogP contribution in [0.25, 0.3) is 16.6 Å². The van der Waals surface area contributed by atoms with E-state index < -0.39 is 12.1 Å². The molecule has 2 aromatic heterocycles. The molecule has 2 heterocycles. The Bertz CT molecular complexity index is 1440. The zero-order chi connectivity index (χ0) is 24.4. The molecule has 1 N–H and O–H groups in total. The number of Topliss-reactive ketones (excluding diaryl/α,β-unsaturated/α-hetero) is 1. The van der Waals surface area contributed by atoms with Gasteiger partial charge in [0.2, 0.25) is 5.78 Å². The summed E-state index contributed by atoms with van der Waals surface area (Å²) in [5.74, 6) is -0.423. The molecule has 174 valence electrons. The molecule has 4 rings (SSSR count). The van der Waals surface area contributed by atoms with Crippen molar-refractivity contribution in [3.8, 4) is 5.69 Å². The van der Waals surface area contributed by atoms with Gasteiger partial charge in [-0.05, 0) is 63.2 Å². The summed E-state index contributed by atoms with van der Waals surface area (Å²) < 4.78 is 7.35. The van der Waals surface area contributed by atoms with Gasteiger partial charge in [0.1, 0.15) is 5.82 Å². The molecule has 1 atom stereocenters. The quantitative estimate of drug-likeness (QED) is 0.306. The normalized spacial score (nSPS) is 12.0. The minimum Gasteiger partial charge on any atom is -0.454 e. The number of H-pyrrole nitrogens is 1. The maximum absolute atomic E-state index is 13.0. The number of ketones is 1. The third kappa shape index (κ3) is 4.79. The lowest BCUT2D eigenvalue weighted by Gasteiger charge is -2.13. The highest BCUT2D eigenvalue weighted by molar-refractivity contribution is 6.30. The van der Waals surface area contributed by atoms with E-state index in [0.717, 1.165) is 17.1 Å². The molecule has 0 unspecified atom stereocenters. The van der Waals surface area contributed by atoms with Crippen molar-refractivity contribution in [3.05, 3.63) is 92.7 Å².